The molecule has 19 heavy (non-hydrogen) atoms. The number of thiazole rings is 1. The Morgan fingerprint density at radius 3 is 2.79 bits per heavy atom. The van der Waals surface area contributed by atoms with E-state index in [-0.39, 0.29) is 0 Å². The maximum atomic E-state index is 4.40. The molecule has 2 rings (SSSR count). The van der Waals surface area contributed by atoms with E-state index in [0.29, 0.717) is 11.6 Å². The summed E-state index contributed by atoms with van der Waals surface area (Å²) in [4.78, 5) is 7.09. The Labute approximate surface area is 121 Å². The molecule has 1 aliphatic rings. The molecule has 2 heterocycles. The molecule has 0 aliphatic carbocycles. The van der Waals surface area contributed by atoms with E-state index in [0.717, 1.165) is 19.5 Å². The van der Waals surface area contributed by atoms with Gasteiger partial charge in [-0.15, -0.1) is 11.3 Å². The summed E-state index contributed by atoms with van der Waals surface area (Å²) in [6.07, 6.45) is 6.67. The Morgan fingerprint density at radius 2 is 2.21 bits per heavy atom. The normalized spacial score (nSPS) is 23.6. The van der Waals surface area contributed by atoms with Crippen LogP contribution in [0.5, 0.6) is 0 Å². The molecule has 0 aromatic carbocycles. The summed E-state index contributed by atoms with van der Waals surface area (Å²) < 4.78 is 0. The van der Waals surface area contributed by atoms with Crippen molar-refractivity contribution in [3.63, 3.8) is 0 Å². The van der Waals surface area contributed by atoms with E-state index in [1.165, 1.54) is 30.8 Å². The molecule has 1 aromatic heterocycles. The number of hydrogen-bond acceptors (Lipinski definition) is 4. The highest BCUT2D eigenvalue weighted by molar-refractivity contribution is 7.09. The molecule has 3 nitrogen and oxygen atoms in total. The van der Waals surface area contributed by atoms with Gasteiger partial charge in [-0.3, -0.25) is 4.90 Å². The summed E-state index contributed by atoms with van der Waals surface area (Å²) in [5, 5.41) is 7.15. The van der Waals surface area contributed by atoms with E-state index >= 15 is 0 Å². The topological polar surface area (TPSA) is 28.2 Å². The van der Waals surface area contributed by atoms with Crippen molar-refractivity contribution < 1.29 is 0 Å². The number of nitrogens with one attached hydrogen (secondary N) is 1. The molecular weight excluding hydrogens is 254 g/mol. The van der Waals surface area contributed by atoms with Crippen LogP contribution in [-0.2, 0) is 6.42 Å². The fourth-order valence-corrected chi connectivity index (χ4v) is 3.65. The first-order valence-corrected chi connectivity index (χ1v) is 8.48. The van der Waals surface area contributed by atoms with Crippen molar-refractivity contribution in [2.75, 3.05) is 19.6 Å². The fraction of sp³-hybridized carbons (Fsp3) is 0.800. The number of nitrogens with zero attached hydrogens (tertiary/aromatic N) is 2. The molecule has 108 valence electrons. The highest BCUT2D eigenvalue weighted by Gasteiger charge is 2.35. The van der Waals surface area contributed by atoms with Gasteiger partial charge >= 0.3 is 0 Å². The molecule has 4 heteroatoms. The van der Waals surface area contributed by atoms with Crippen molar-refractivity contribution in [3.8, 4) is 0 Å². The summed E-state index contributed by atoms with van der Waals surface area (Å²) >= 11 is 1.78. The number of piperazine rings is 1. The second-order valence-electron chi connectivity index (χ2n) is 5.58. The van der Waals surface area contributed by atoms with Crippen molar-refractivity contribution in [2.45, 2.75) is 58.0 Å². The number of rotatable bonds is 6. The van der Waals surface area contributed by atoms with Crippen LogP contribution in [-0.4, -0.2) is 41.1 Å². The van der Waals surface area contributed by atoms with E-state index in [4.69, 9.17) is 0 Å². The van der Waals surface area contributed by atoms with Gasteiger partial charge in [0.2, 0.25) is 0 Å². The number of aromatic nitrogens is 1. The van der Waals surface area contributed by atoms with Gasteiger partial charge in [0.15, 0.2) is 0 Å². The summed E-state index contributed by atoms with van der Waals surface area (Å²) in [7, 11) is 0. The molecule has 0 saturated carbocycles. The quantitative estimate of drug-likeness (QED) is 0.869. The molecule has 1 fully saturated rings. The largest absolute Gasteiger partial charge is 0.308 e. The summed E-state index contributed by atoms with van der Waals surface area (Å²) in [6, 6.07) is 0.686. The van der Waals surface area contributed by atoms with Crippen LogP contribution in [0.25, 0.3) is 0 Å². The van der Waals surface area contributed by atoms with Crippen LogP contribution in [0.15, 0.2) is 11.6 Å². The maximum Gasteiger partial charge on any atom is 0.0937 e. The lowest BCUT2D eigenvalue weighted by Crippen LogP contribution is -2.63. The molecule has 0 spiro atoms. The van der Waals surface area contributed by atoms with Gasteiger partial charge in [-0.1, -0.05) is 20.8 Å². The third kappa shape index (κ3) is 3.56. The Hall–Kier alpha value is -0.450. The van der Waals surface area contributed by atoms with E-state index in [2.05, 4.69) is 41.4 Å². The monoisotopic (exact) mass is 281 g/mol. The highest BCUT2D eigenvalue weighted by atomic mass is 32.1. The van der Waals surface area contributed by atoms with Gasteiger partial charge in [0, 0.05) is 49.2 Å². The van der Waals surface area contributed by atoms with E-state index in [9.17, 15) is 0 Å². The number of hydrogen-bond donors (Lipinski definition) is 1. The first-order valence-electron chi connectivity index (χ1n) is 7.60. The van der Waals surface area contributed by atoms with Crippen molar-refractivity contribution in [1.82, 2.24) is 15.2 Å². The van der Waals surface area contributed by atoms with Gasteiger partial charge in [-0.2, -0.15) is 0 Å². The van der Waals surface area contributed by atoms with Gasteiger partial charge in [0.05, 0.1) is 5.01 Å². The molecule has 1 aliphatic heterocycles. The highest BCUT2D eigenvalue weighted by Crippen LogP contribution is 2.24. The Kier molecular flexibility index (Phi) is 5.37. The lowest BCUT2D eigenvalue weighted by atomic mass is 9.88. The zero-order valence-electron chi connectivity index (χ0n) is 12.5. The molecule has 1 saturated heterocycles. The molecule has 1 N–H and O–H groups in total. The lowest BCUT2D eigenvalue weighted by Gasteiger charge is -2.47. The van der Waals surface area contributed by atoms with Crippen molar-refractivity contribution in [1.29, 1.82) is 0 Å². The third-order valence-corrected chi connectivity index (χ3v) is 5.50. The van der Waals surface area contributed by atoms with Crippen molar-refractivity contribution >= 4 is 11.3 Å². The van der Waals surface area contributed by atoms with Gasteiger partial charge in [0.1, 0.15) is 0 Å². The Balaban J connectivity index is 1.97. The van der Waals surface area contributed by atoms with Crippen LogP contribution in [0.3, 0.4) is 0 Å². The van der Waals surface area contributed by atoms with Crippen molar-refractivity contribution in [2.24, 2.45) is 0 Å². The van der Waals surface area contributed by atoms with Crippen LogP contribution in [0.1, 0.15) is 45.0 Å². The summed E-state index contributed by atoms with van der Waals surface area (Å²) in [5.74, 6) is 0. The molecule has 0 radical (unpaired) electrons. The van der Waals surface area contributed by atoms with Gasteiger partial charge < -0.3 is 5.32 Å². The minimum absolute atomic E-state index is 0.328. The zero-order chi connectivity index (χ0) is 13.7. The Morgan fingerprint density at radius 1 is 1.42 bits per heavy atom. The van der Waals surface area contributed by atoms with Gasteiger partial charge in [-0.05, 0) is 19.3 Å². The lowest BCUT2D eigenvalue weighted by molar-refractivity contribution is 0.0716. The van der Waals surface area contributed by atoms with Crippen LogP contribution in [0, 0.1) is 0 Å². The molecule has 1 atom stereocenters. The summed E-state index contributed by atoms with van der Waals surface area (Å²) in [5.41, 5.74) is 0.328. The first kappa shape index (κ1) is 14.9. The van der Waals surface area contributed by atoms with Crippen LogP contribution in [0.4, 0.5) is 0 Å². The average Bonchev–Trinajstić information content (AvgIpc) is 2.98. The Bertz CT molecular complexity index is 359. The minimum atomic E-state index is 0.328. The molecule has 0 bridgehead atoms. The second kappa shape index (κ2) is 6.82. The van der Waals surface area contributed by atoms with Crippen LogP contribution >= 0.6 is 11.3 Å². The summed E-state index contributed by atoms with van der Waals surface area (Å²) in [6.45, 7) is 10.4. The smallest absolute Gasteiger partial charge is 0.0937 e. The zero-order valence-corrected chi connectivity index (χ0v) is 13.3. The van der Waals surface area contributed by atoms with Crippen LogP contribution in [0.2, 0.25) is 0 Å². The van der Waals surface area contributed by atoms with E-state index < -0.39 is 0 Å². The standard InChI is InChI=1S/C15H27N3S/c1-4-13-11-17-15(5-2,6-3)12-18(13)9-7-14-16-8-10-19-14/h8,10,13,17H,4-7,9,11-12H2,1-3H3. The molecular formula is C15H27N3S. The predicted octanol–water partition coefficient (Wildman–Crippen LogP) is 2.93. The molecule has 0 amide bonds. The molecule has 1 unspecified atom stereocenters. The maximum absolute atomic E-state index is 4.40. The average molecular weight is 281 g/mol. The van der Waals surface area contributed by atoms with E-state index in [1.54, 1.807) is 11.3 Å². The third-order valence-electron chi connectivity index (χ3n) is 4.66. The fourth-order valence-electron chi connectivity index (χ4n) is 3.04. The second-order valence-corrected chi connectivity index (χ2v) is 6.56. The van der Waals surface area contributed by atoms with Gasteiger partial charge in [-0.25, -0.2) is 4.98 Å². The van der Waals surface area contributed by atoms with Crippen LogP contribution < -0.4 is 5.32 Å². The minimum Gasteiger partial charge on any atom is -0.308 e. The predicted molar refractivity (Wildman–Crippen MR) is 82.8 cm³/mol. The molecule has 1 aromatic rings. The SMILES string of the molecule is CCC1CNC(CC)(CC)CN1CCc1nccs1. The van der Waals surface area contributed by atoms with Crippen molar-refractivity contribution in [3.05, 3.63) is 16.6 Å². The first-order chi connectivity index (χ1) is 9.23. The van der Waals surface area contributed by atoms with Gasteiger partial charge in [0.25, 0.3) is 0 Å². The van der Waals surface area contributed by atoms with E-state index in [1.807, 2.05) is 6.20 Å².